The lowest BCUT2D eigenvalue weighted by Gasteiger charge is -2.35. The molecule has 0 aliphatic carbocycles. The zero-order valence-electron chi connectivity index (χ0n) is 16.8. The number of anilines is 2. The summed E-state index contributed by atoms with van der Waals surface area (Å²) in [6, 6.07) is 11.2. The van der Waals surface area contributed by atoms with Gasteiger partial charge in [0.1, 0.15) is 17.2 Å². The van der Waals surface area contributed by atoms with Crippen LogP contribution in [0.15, 0.2) is 47.4 Å². The number of aryl methyl sites for hydroxylation is 2. The topological polar surface area (TPSA) is 79.5 Å². The van der Waals surface area contributed by atoms with Crippen LogP contribution < -0.4 is 15.4 Å². The fourth-order valence-electron chi connectivity index (χ4n) is 3.75. The molecule has 1 saturated heterocycles. The maximum Gasteiger partial charge on any atom is 0.259 e. The summed E-state index contributed by atoms with van der Waals surface area (Å²) in [5.41, 5.74) is 2.46. The Morgan fingerprint density at radius 3 is 2.33 bits per heavy atom. The second-order valence-corrected chi connectivity index (χ2v) is 8.48. The summed E-state index contributed by atoms with van der Waals surface area (Å²) >= 11 is 1.64. The van der Waals surface area contributed by atoms with E-state index in [-0.39, 0.29) is 5.56 Å². The van der Waals surface area contributed by atoms with Crippen LogP contribution in [-0.2, 0) is 0 Å². The van der Waals surface area contributed by atoms with Gasteiger partial charge in [0.25, 0.3) is 5.56 Å². The molecule has 0 bridgehead atoms. The highest BCUT2D eigenvalue weighted by molar-refractivity contribution is 7.15. The van der Waals surface area contributed by atoms with Crippen molar-refractivity contribution in [2.24, 2.45) is 0 Å². The normalized spacial score (nSPS) is 14.5. The van der Waals surface area contributed by atoms with Crippen LogP contribution in [0.25, 0.3) is 16.2 Å². The molecule has 0 radical (unpaired) electrons. The smallest absolute Gasteiger partial charge is 0.259 e. The van der Waals surface area contributed by atoms with Crippen LogP contribution in [0.1, 0.15) is 10.7 Å². The van der Waals surface area contributed by atoms with Gasteiger partial charge in [0.15, 0.2) is 5.82 Å². The lowest BCUT2D eigenvalue weighted by Crippen LogP contribution is -2.47. The predicted molar refractivity (Wildman–Crippen MR) is 119 cm³/mol. The molecule has 1 aliphatic rings. The van der Waals surface area contributed by atoms with Gasteiger partial charge in [-0.05, 0) is 38.1 Å². The molecule has 4 aromatic rings. The molecule has 0 spiro atoms. The zero-order chi connectivity index (χ0) is 20.7. The van der Waals surface area contributed by atoms with Gasteiger partial charge in [0.2, 0.25) is 0 Å². The van der Waals surface area contributed by atoms with Gasteiger partial charge < -0.3 is 9.80 Å². The van der Waals surface area contributed by atoms with Gasteiger partial charge in [-0.25, -0.2) is 9.97 Å². The van der Waals surface area contributed by atoms with Crippen LogP contribution in [0.3, 0.4) is 0 Å². The first-order valence-corrected chi connectivity index (χ1v) is 10.7. The van der Waals surface area contributed by atoms with Crippen LogP contribution in [-0.4, -0.2) is 50.7 Å². The number of rotatable bonds is 3. The third kappa shape index (κ3) is 3.41. The van der Waals surface area contributed by atoms with E-state index in [4.69, 9.17) is 0 Å². The number of hydrogen-bond donors (Lipinski definition) is 0. The van der Waals surface area contributed by atoms with Crippen molar-refractivity contribution in [2.45, 2.75) is 13.8 Å². The molecule has 1 fully saturated rings. The average Bonchev–Trinajstić information content (AvgIpc) is 3.12. The molecule has 0 atom stereocenters. The standard InChI is InChI=1S/C21H21N7OS/c1-14-21(30-15(2)22-14)16-6-7-18(25-24-16)26-9-11-27(12-10-26)19-13-20(29)28-8-4-3-5-17(28)23-19/h3-8,13H,9-12H2,1-2H3. The summed E-state index contributed by atoms with van der Waals surface area (Å²) in [6.45, 7) is 7.13. The number of nitrogens with zero attached hydrogens (tertiary/aromatic N) is 7. The molecule has 8 nitrogen and oxygen atoms in total. The lowest BCUT2D eigenvalue weighted by molar-refractivity contribution is 0.638. The molecule has 0 N–H and O–H groups in total. The van der Waals surface area contributed by atoms with E-state index in [0.29, 0.717) is 5.65 Å². The first kappa shape index (κ1) is 18.7. The SMILES string of the molecule is Cc1nc(C)c(-c2ccc(N3CCN(c4cc(=O)n5ccccc5n4)CC3)nn2)s1. The van der Waals surface area contributed by atoms with Crippen molar-refractivity contribution in [3.63, 3.8) is 0 Å². The fourth-order valence-corrected chi connectivity index (χ4v) is 4.64. The van der Waals surface area contributed by atoms with Gasteiger partial charge in [0.05, 0.1) is 15.6 Å². The van der Waals surface area contributed by atoms with E-state index in [1.165, 1.54) is 0 Å². The number of hydrogen-bond acceptors (Lipinski definition) is 8. The van der Waals surface area contributed by atoms with Crippen LogP contribution >= 0.6 is 11.3 Å². The molecule has 9 heteroatoms. The molecule has 0 amide bonds. The molecule has 0 unspecified atom stereocenters. The van der Waals surface area contributed by atoms with Gasteiger partial charge in [0, 0.05) is 38.4 Å². The third-order valence-corrected chi connectivity index (χ3v) is 6.37. The maximum atomic E-state index is 12.4. The summed E-state index contributed by atoms with van der Waals surface area (Å²) in [5, 5.41) is 9.91. The average molecular weight is 420 g/mol. The fraction of sp³-hybridized carbons (Fsp3) is 0.286. The molecule has 0 aromatic carbocycles. The Bertz CT molecular complexity index is 1260. The number of fused-ring (bicyclic) bond motifs is 1. The van der Waals surface area contributed by atoms with Crippen LogP contribution in [0.4, 0.5) is 11.6 Å². The number of aromatic nitrogens is 5. The quantitative estimate of drug-likeness (QED) is 0.505. The maximum absolute atomic E-state index is 12.4. The first-order chi connectivity index (χ1) is 14.6. The molecule has 5 heterocycles. The Kier molecular flexibility index (Phi) is 4.66. The molecule has 0 saturated carbocycles. The molecule has 152 valence electrons. The van der Waals surface area contributed by atoms with Crippen molar-refractivity contribution in [1.82, 2.24) is 24.6 Å². The zero-order valence-corrected chi connectivity index (χ0v) is 17.6. The van der Waals surface area contributed by atoms with Crippen molar-refractivity contribution in [1.29, 1.82) is 0 Å². The predicted octanol–water partition coefficient (Wildman–Crippen LogP) is 2.55. The minimum Gasteiger partial charge on any atom is -0.353 e. The van der Waals surface area contributed by atoms with Crippen LogP contribution in [0.5, 0.6) is 0 Å². The first-order valence-electron chi connectivity index (χ1n) is 9.85. The number of pyridine rings is 1. The Hall–Kier alpha value is -3.33. The van der Waals surface area contributed by atoms with Crippen LogP contribution in [0, 0.1) is 13.8 Å². The Morgan fingerprint density at radius 2 is 1.67 bits per heavy atom. The van der Waals surface area contributed by atoms with Gasteiger partial charge in [-0.15, -0.1) is 21.5 Å². The molecule has 4 aromatic heterocycles. The second-order valence-electron chi connectivity index (χ2n) is 7.28. The van der Waals surface area contributed by atoms with E-state index < -0.39 is 0 Å². The van der Waals surface area contributed by atoms with E-state index in [9.17, 15) is 4.79 Å². The van der Waals surface area contributed by atoms with Crippen molar-refractivity contribution >= 4 is 28.6 Å². The van der Waals surface area contributed by atoms with E-state index in [1.54, 1.807) is 28.0 Å². The Morgan fingerprint density at radius 1 is 0.900 bits per heavy atom. The highest BCUT2D eigenvalue weighted by atomic mass is 32.1. The van der Waals surface area contributed by atoms with E-state index in [2.05, 4.69) is 30.0 Å². The second kappa shape index (κ2) is 7.49. The third-order valence-electron chi connectivity index (χ3n) is 5.27. The summed E-state index contributed by atoms with van der Waals surface area (Å²) < 4.78 is 1.56. The molecule has 5 rings (SSSR count). The minimum atomic E-state index is -0.0620. The molecule has 30 heavy (non-hydrogen) atoms. The molecular formula is C21H21N7OS. The van der Waals surface area contributed by atoms with Crippen molar-refractivity contribution in [3.05, 3.63) is 63.7 Å². The summed E-state index contributed by atoms with van der Waals surface area (Å²) in [7, 11) is 0. The largest absolute Gasteiger partial charge is 0.353 e. The minimum absolute atomic E-state index is 0.0620. The highest BCUT2D eigenvalue weighted by Gasteiger charge is 2.20. The Labute approximate surface area is 177 Å². The summed E-state index contributed by atoms with van der Waals surface area (Å²) in [5.74, 6) is 1.59. The number of thiazole rings is 1. The van der Waals surface area contributed by atoms with E-state index >= 15 is 0 Å². The highest BCUT2D eigenvalue weighted by Crippen LogP contribution is 2.28. The van der Waals surface area contributed by atoms with E-state index in [1.807, 2.05) is 44.2 Å². The van der Waals surface area contributed by atoms with Crippen molar-refractivity contribution in [3.8, 4) is 10.6 Å². The van der Waals surface area contributed by atoms with Crippen molar-refractivity contribution < 1.29 is 0 Å². The molecular weight excluding hydrogens is 398 g/mol. The van der Waals surface area contributed by atoms with E-state index in [0.717, 1.165) is 59.1 Å². The molecule has 1 aliphatic heterocycles. The van der Waals surface area contributed by atoms with Gasteiger partial charge >= 0.3 is 0 Å². The van der Waals surface area contributed by atoms with Gasteiger partial charge in [-0.3, -0.25) is 9.20 Å². The summed E-state index contributed by atoms with van der Waals surface area (Å²) in [4.78, 5) is 26.9. The monoisotopic (exact) mass is 419 g/mol. The summed E-state index contributed by atoms with van der Waals surface area (Å²) in [6.07, 6.45) is 1.74. The number of piperazine rings is 1. The Balaban J connectivity index is 1.30. The van der Waals surface area contributed by atoms with Gasteiger partial charge in [-0.1, -0.05) is 6.07 Å². The van der Waals surface area contributed by atoms with Gasteiger partial charge in [-0.2, -0.15) is 0 Å². The van der Waals surface area contributed by atoms with Crippen LogP contribution in [0.2, 0.25) is 0 Å². The van der Waals surface area contributed by atoms with Crippen molar-refractivity contribution in [2.75, 3.05) is 36.0 Å². The lowest BCUT2D eigenvalue weighted by atomic mass is 10.2.